The van der Waals surface area contributed by atoms with Crippen molar-refractivity contribution >= 4 is 5.91 Å². The van der Waals surface area contributed by atoms with E-state index in [2.05, 4.69) is 10.3 Å². The topological polar surface area (TPSA) is 51.2 Å². The second-order valence-electron chi connectivity index (χ2n) is 5.31. The van der Waals surface area contributed by atoms with E-state index in [4.69, 9.17) is 4.74 Å². The van der Waals surface area contributed by atoms with Crippen LogP contribution >= 0.6 is 0 Å². The maximum absolute atomic E-state index is 12.8. The van der Waals surface area contributed by atoms with E-state index in [-0.39, 0.29) is 17.8 Å². The molecule has 1 aliphatic rings. The summed E-state index contributed by atoms with van der Waals surface area (Å²) in [6.45, 7) is 0.427. The number of benzene rings is 1. The van der Waals surface area contributed by atoms with Crippen LogP contribution in [0.5, 0.6) is 5.88 Å². The van der Waals surface area contributed by atoms with Crippen molar-refractivity contribution < 1.29 is 13.9 Å². The van der Waals surface area contributed by atoms with Gasteiger partial charge in [0.15, 0.2) is 0 Å². The van der Waals surface area contributed by atoms with Crippen LogP contribution < -0.4 is 10.1 Å². The largest absolute Gasteiger partial charge is 0.475 e. The first-order valence-corrected chi connectivity index (χ1v) is 7.34. The Balaban J connectivity index is 1.46. The van der Waals surface area contributed by atoms with Crippen LogP contribution in [0, 0.1) is 5.82 Å². The van der Waals surface area contributed by atoms with Crippen molar-refractivity contribution in [3.05, 3.63) is 59.5 Å². The number of nitrogens with zero attached hydrogens (tertiary/aromatic N) is 1. The van der Waals surface area contributed by atoms with Crippen LogP contribution in [0.15, 0.2) is 42.6 Å². The monoisotopic (exact) mass is 300 g/mol. The Kier molecular flexibility index (Phi) is 4.32. The summed E-state index contributed by atoms with van der Waals surface area (Å²) < 4.78 is 18.2. The van der Waals surface area contributed by atoms with Crippen molar-refractivity contribution in [3.63, 3.8) is 0 Å². The van der Waals surface area contributed by atoms with Crippen molar-refractivity contribution in [2.45, 2.75) is 25.3 Å². The second-order valence-corrected chi connectivity index (χ2v) is 5.31. The highest BCUT2D eigenvalue weighted by atomic mass is 19.1. The van der Waals surface area contributed by atoms with Gasteiger partial charge < -0.3 is 10.1 Å². The molecule has 1 amide bonds. The molecule has 22 heavy (non-hydrogen) atoms. The van der Waals surface area contributed by atoms with E-state index >= 15 is 0 Å². The number of fused-ring (bicyclic) bond motifs is 1. The van der Waals surface area contributed by atoms with E-state index in [9.17, 15) is 9.18 Å². The number of aryl methyl sites for hydroxylation is 1. The molecule has 5 heteroatoms. The molecule has 114 valence electrons. The lowest BCUT2D eigenvalue weighted by atomic mass is 10.1. The van der Waals surface area contributed by atoms with Gasteiger partial charge in [-0.05, 0) is 42.7 Å². The smallest absolute Gasteiger partial charge is 0.220 e. The Hall–Kier alpha value is -2.43. The molecule has 3 rings (SSSR count). The summed E-state index contributed by atoms with van der Waals surface area (Å²) in [5.74, 6) is 0.349. The minimum Gasteiger partial charge on any atom is -0.475 e. The number of aromatic nitrogens is 1. The van der Waals surface area contributed by atoms with E-state index in [0.717, 1.165) is 24.0 Å². The van der Waals surface area contributed by atoms with Crippen molar-refractivity contribution in [1.82, 2.24) is 10.3 Å². The predicted molar refractivity (Wildman–Crippen MR) is 80.0 cm³/mol. The average molecular weight is 300 g/mol. The molecule has 0 saturated heterocycles. The van der Waals surface area contributed by atoms with Gasteiger partial charge >= 0.3 is 0 Å². The van der Waals surface area contributed by atoms with Gasteiger partial charge in [0.2, 0.25) is 11.8 Å². The highest BCUT2D eigenvalue weighted by Gasteiger charge is 2.25. The van der Waals surface area contributed by atoms with E-state index in [1.165, 1.54) is 12.1 Å². The molecule has 2 aromatic rings. The van der Waals surface area contributed by atoms with Gasteiger partial charge in [0, 0.05) is 18.2 Å². The van der Waals surface area contributed by atoms with Gasteiger partial charge in [0.05, 0.1) is 6.04 Å². The fourth-order valence-electron chi connectivity index (χ4n) is 2.53. The van der Waals surface area contributed by atoms with Gasteiger partial charge in [0.25, 0.3) is 0 Å². The van der Waals surface area contributed by atoms with Crippen LogP contribution in [0.3, 0.4) is 0 Å². The van der Waals surface area contributed by atoms with Crippen molar-refractivity contribution in [3.8, 4) is 5.88 Å². The van der Waals surface area contributed by atoms with Crippen molar-refractivity contribution in [1.29, 1.82) is 0 Å². The van der Waals surface area contributed by atoms with E-state index in [1.54, 1.807) is 18.3 Å². The zero-order chi connectivity index (χ0) is 15.4. The highest BCUT2D eigenvalue weighted by Crippen LogP contribution is 2.29. The summed E-state index contributed by atoms with van der Waals surface area (Å²) in [5, 5.41) is 2.97. The van der Waals surface area contributed by atoms with Gasteiger partial charge in [0.1, 0.15) is 12.4 Å². The van der Waals surface area contributed by atoms with Gasteiger partial charge in [-0.25, -0.2) is 9.37 Å². The maximum atomic E-state index is 12.8. The number of rotatable bonds is 5. The van der Waals surface area contributed by atoms with Crippen LogP contribution in [0.1, 0.15) is 30.0 Å². The Morgan fingerprint density at radius 2 is 2.14 bits per heavy atom. The molecule has 4 nitrogen and oxygen atoms in total. The number of amides is 1. The van der Waals surface area contributed by atoms with Crippen molar-refractivity contribution in [2.24, 2.45) is 0 Å². The fourth-order valence-corrected chi connectivity index (χ4v) is 2.53. The summed E-state index contributed by atoms with van der Waals surface area (Å²) >= 11 is 0. The maximum Gasteiger partial charge on any atom is 0.220 e. The SMILES string of the molecule is O=C(CCCc1ccc(F)cc1)NC1COc2ncccc21. The molecule has 1 aliphatic heterocycles. The van der Waals surface area contributed by atoms with Crippen LogP contribution in [0.4, 0.5) is 4.39 Å². The predicted octanol–water partition coefficient (Wildman–Crippen LogP) is 2.79. The van der Waals surface area contributed by atoms with E-state index < -0.39 is 0 Å². The molecule has 1 aromatic carbocycles. The van der Waals surface area contributed by atoms with Crippen LogP contribution in [-0.2, 0) is 11.2 Å². The van der Waals surface area contributed by atoms with E-state index in [1.807, 2.05) is 12.1 Å². The molecular weight excluding hydrogens is 283 g/mol. The first kappa shape index (κ1) is 14.5. The molecule has 0 spiro atoms. The summed E-state index contributed by atoms with van der Waals surface area (Å²) in [7, 11) is 0. The Morgan fingerprint density at radius 1 is 1.32 bits per heavy atom. The Labute approximate surface area is 128 Å². The standard InChI is InChI=1S/C17H17FN2O2/c18-13-8-6-12(7-9-13)3-1-5-16(21)20-15-11-22-17-14(15)4-2-10-19-17/h2,4,6-10,15H,1,3,5,11H2,(H,20,21). The quantitative estimate of drug-likeness (QED) is 0.924. The average Bonchev–Trinajstić information content (AvgIpc) is 2.93. The van der Waals surface area contributed by atoms with E-state index in [0.29, 0.717) is 18.9 Å². The number of halogens is 1. The summed E-state index contributed by atoms with van der Waals surface area (Å²) in [5.41, 5.74) is 1.96. The third kappa shape index (κ3) is 3.42. The van der Waals surface area contributed by atoms with Gasteiger partial charge in [-0.15, -0.1) is 0 Å². The molecule has 1 atom stereocenters. The molecule has 1 N–H and O–H groups in total. The number of carbonyl (C=O) groups is 1. The number of ether oxygens (including phenoxy) is 1. The molecule has 0 aliphatic carbocycles. The lowest BCUT2D eigenvalue weighted by Crippen LogP contribution is -2.29. The lowest BCUT2D eigenvalue weighted by Gasteiger charge is -2.11. The second kappa shape index (κ2) is 6.56. The summed E-state index contributed by atoms with van der Waals surface area (Å²) in [4.78, 5) is 16.1. The molecule has 0 fully saturated rings. The van der Waals surface area contributed by atoms with Gasteiger partial charge in [-0.2, -0.15) is 0 Å². The van der Waals surface area contributed by atoms with Crippen LogP contribution in [0.25, 0.3) is 0 Å². The van der Waals surface area contributed by atoms with Crippen LogP contribution in [0.2, 0.25) is 0 Å². The number of pyridine rings is 1. The first-order chi connectivity index (χ1) is 10.7. The third-order valence-corrected chi connectivity index (χ3v) is 3.68. The number of nitrogens with one attached hydrogen (secondary N) is 1. The number of carbonyl (C=O) groups excluding carboxylic acids is 1. The van der Waals surface area contributed by atoms with Gasteiger partial charge in [-0.3, -0.25) is 4.79 Å². The fraction of sp³-hybridized carbons (Fsp3) is 0.294. The third-order valence-electron chi connectivity index (χ3n) is 3.68. The molecule has 0 bridgehead atoms. The van der Waals surface area contributed by atoms with Crippen molar-refractivity contribution in [2.75, 3.05) is 6.61 Å². The Morgan fingerprint density at radius 3 is 2.95 bits per heavy atom. The molecular formula is C17H17FN2O2. The minimum absolute atomic E-state index is 0.00702. The normalized spacial score (nSPS) is 16.0. The van der Waals surface area contributed by atoms with Crippen LogP contribution in [-0.4, -0.2) is 17.5 Å². The molecule has 1 unspecified atom stereocenters. The lowest BCUT2D eigenvalue weighted by molar-refractivity contribution is -0.122. The Bertz CT molecular complexity index is 658. The molecule has 2 heterocycles. The highest BCUT2D eigenvalue weighted by molar-refractivity contribution is 5.76. The summed E-state index contributed by atoms with van der Waals surface area (Å²) in [6, 6.07) is 10.0. The summed E-state index contributed by atoms with van der Waals surface area (Å²) in [6.07, 6.45) is 3.59. The first-order valence-electron chi connectivity index (χ1n) is 7.34. The zero-order valence-corrected chi connectivity index (χ0v) is 12.1. The minimum atomic E-state index is -0.241. The number of hydrogen-bond acceptors (Lipinski definition) is 3. The molecule has 0 radical (unpaired) electrons. The van der Waals surface area contributed by atoms with Gasteiger partial charge in [-0.1, -0.05) is 12.1 Å². The zero-order valence-electron chi connectivity index (χ0n) is 12.1. The molecule has 0 saturated carbocycles. The molecule has 1 aromatic heterocycles. The number of hydrogen-bond donors (Lipinski definition) is 1.